The number of hydrogen-bond acceptors (Lipinski definition) is 6. The third-order valence-electron chi connectivity index (χ3n) is 7.58. The number of nitrogens with one attached hydrogen (secondary N) is 2. The summed E-state index contributed by atoms with van der Waals surface area (Å²) in [5, 5.41) is 14.9. The highest BCUT2D eigenvalue weighted by atomic mass is 32.2. The monoisotopic (exact) mass is 475 g/mol. The lowest BCUT2D eigenvalue weighted by atomic mass is 9.82. The number of carbonyl (C=O) groups is 2. The average Bonchev–Trinajstić information content (AvgIpc) is 3.26. The third kappa shape index (κ3) is 2.52. The Labute approximate surface area is 201 Å². The summed E-state index contributed by atoms with van der Waals surface area (Å²) >= 11 is 1.52. The molecule has 0 spiro atoms. The highest BCUT2D eigenvalue weighted by molar-refractivity contribution is 7.98. The van der Waals surface area contributed by atoms with E-state index >= 15 is 0 Å². The molecule has 8 heteroatoms. The van der Waals surface area contributed by atoms with E-state index in [0.717, 1.165) is 22.4 Å². The number of H-pyrrole nitrogens is 1. The Morgan fingerprint density at radius 1 is 1.29 bits per heavy atom. The summed E-state index contributed by atoms with van der Waals surface area (Å²) in [5.41, 5.74) is 7.58. The number of anilines is 1. The van der Waals surface area contributed by atoms with E-state index in [2.05, 4.69) is 17.2 Å². The van der Waals surface area contributed by atoms with Crippen molar-refractivity contribution < 1.29 is 19.4 Å². The number of aromatic amines is 1. The van der Waals surface area contributed by atoms with E-state index in [-0.39, 0.29) is 16.8 Å². The predicted molar refractivity (Wildman–Crippen MR) is 129 cm³/mol. The minimum absolute atomic E-state index is 0.170. The second kappa shape index (κ2) is 6.90. The van der Waals surface area contributed by atoms with Gasteiger partial charge in [0.1, 0.15) is 11.4 Å². The minimum Gasteiger partial charge on any atom is -0.454 e. The van der Waals surface area contributed by atoms with E-state index in [1.165, 1.54) is 11.8 Å². The maximum absolute atomic E-state index is 14.0. The van der Waals surface area contributed by atoms with Crippen molar-refractivity contribution in [2.24, 2.45) is 5.92 Å². The van der Waals surface area contributed by atoms with E-state index < -0.39 is 23.0 Å². The highest BCUT2D eigenvalue weighted by Gasteiger charge is 2.72. The van der Waals surface area contributed by atoms with Gasteiger partial charge < -0.3 is 25.9 Å². The van der Waals surface area contributed by atoms with Crippen molar-refractivity contribution in [3.8, 4) is 5.75 Å². The molecule has 34 heavy (non-hydrogen) atoms. The zero-order chi connectivity index (χ0) is 24.0. The zero-order valence-corrected chi connectivity index (χ0v) is 19.9. The van der Waals surface area contributed by atoms with Gasteiger partial charge >= 0.3 is 0 Å². The number of fused-ring (bicyclic) bond motifs is 5. The number of amides is 1. The summed E-state index contributed by atoms with van der Waals surface area (Å²) in [6, 6.07) is 10.5. The van der Waals surface area contributed by atoms with Gasteiger partial charge in [-0.05, 0) is 54.7 Å². The Kier molecular flexibility index (Phi) is 4.32. The van der Waals surface area contributed by atoms with Crippen LogP contribution in [0.5, 0.6) is 5.75 Å². The Bertz CT molecular complexity index is 1400. The largest absolute Gasteiger partial charge is 0.454 e. The van der Waals surface area contributed by atoms with Gasteiger partial charge in [-0.1, -0.05) is 31.2 Å². The maximum atomic E-state index is 14.0. The van der Waals surface area contributed by atoms with Crippen LogP contribution in [0.1, 0.15) is 62.4 Å². The van der Waals surface area contributed by atoms with Crippen LogP contribution in [-0.4, -0.2) is 28.0 Å². The van der Waals surface area contributed by atoms with E-state index in [1.807, 2.05) is 25.3 Å². The maximum Gasteiger partial charge on any atom is 0.271 e. The fourth-order valence-electron chi connectivity index (χ4n) is 5.56. The quantitative estimate of drug-likeness (QED) is 0.337. The molecular formula is C26H25N3O4S. The van der Waals surface area contributed by atoms with Crippen LogP contribution < -0.4 is 15.8 Å². The Balaban J connectivity index is 1.53. The SMILES string of the molecule is CSc1c[nH]c(C(=O)NC23C(=O)c4c(N)cccc4C2(O)Oc2cc(C4CC4C)ccc23)c1C. The van der Waals surface area contributed by atoms with Crippen LogP contribution in [0.4, 0.5) is 5.69 Å². The molecule has 5 N–H and O–H groups in total. The third-order valence-corrected chi connectivity index (χ3v) is 8.45. The fourth-order valence-corrected chi connectivity index (χ4v) is 6.15. The molecule has 2 aromatic carbocycles. The molecule has 174 valence electrons. The lowest BCUT2D eigenvalue weighted by Crippen LogP contribution is -2.60. The molecule has 3 aliphatic rings. The van der Waals surface area contributed by atoms with Crippen LogP contribution in [-0.2, 0) is 11.3 Å². The molecule has 2 heterocycles. The first kappa shape index (κ1) is 21.3. The molecule has 1 saturated carbocycles. The first-order chi connectivity index (χ1) is 16.2. The number of Topliss-reactive ketones (excluding diaryl/α,β-unsaturated/α-hetero) is 1. The van der Waals surface area contributed by atoms with Gasteiger partial charge in [-0.3, -0.25) is 9.59 Å². The van der Waals surface area contributed by atoms with Crippen molar-refractivity contribution >= 4 is 29.1 Å². The smallest absolute Gasteiger partial charge is 0.271 e. The van der Waals surface area contributed by atoms with E-state index in [1.54, 1.807) is 30.5 Å². The summed E-state index contributed by atoms with van der Waals surface area (Å²) in [7, 11) is 0. The lowest BCUT2D eigenvalue weighted by molar-refractivity contribution is -0.169. The summed E-state index contributed by atoms with van der Waals surface area (Å²) in [4.78, 5) is 31.5. The van der Waals surface area contributed by atoms with Gasteiger partial charge in [0.15, 0.2) is 0 Å². The Hall–Kier alpha value is -3.23. The predicted octanol–water partition coefficient (Wildman–Crippen LogP) is 3.81. The number of nitrogen functional groups attached to an aromatic ring is 1. The first-order valence-corrected chi connectivity index (χ1v) is 12.5. The van der Waals surface area contributed by atoms with Crippen LogP contribution in [0.15, 0.2) is 47.5 Å². The second-order valence-electron chi connectivity index (χ2n) is 9.48. The average molecular weight is 476 g/mol. The molecule has 1 fully saturated rings. The Morgan fingerprint density at radius 2 is 2.06 bits per heavy atom. The van der Waals surface area contributed by atoms with E-state index in [0.29, 0.717) is 28.8 Å². The molecule has 4 atom stereocenters. The topological polar surface area (TPSA) is 117 Å². The number of ether oxygens (including phenoxy) is 1. The molecule has 4 unspecified atom stereocenters. The summed E-state index contributed by atoms with van der Waals surface area (Å²) in [6.07, 6.45) is 4.77. The second-order valence-corrected chi connectivity index (χ2v) is 10.3. The van der Waals surface area contributed by atoms with Crippen LogP contribution >= 0.6 is 11.8 Å². The summed E-state index contributed by atoms with van der Waals surface area (Å²) in [5.74, 6) is -1.71. The molecule has 1 amide bonds. The number of aromatic nitrogens is 1. The summed E-state index contributed by atoms with van der Waals surface area (Å²) in [6.45, 7) is 4.03. The lowest BCUT2D eigenvalue weighted by Gasteiger charge is -2.34. The fraction of sp³-hybridized carbons (Fsp3) is 0.308. The molecule has 1 aromatic heterocycles. The molecule has 0 radical (unpaired) electrons. The molecule has 0 saturated heterocycles. The van der Waals surface area contributed by atoms with Crippen molar-refractivity contribution in [3.63, 3.8) is 0 Å². The number of aliphatic hydroxyl groups is 1. The number of hydrogen-bond donors (Lipinski definition) is 4. The standard InChI is InChI=1S/C26H25N3O4S/c1-12-9-15(12)14-7-8-16-19(10-14)33-26(32)17-5-4-6-18(27)21(17)23(30)25(16,26)29-24(31)22-13(2)20(34-3)11-28-22/h4-8,10-12,15,28,32H,9,27H2,1-3H3,(H,29,31). The van der Waals surface area contributed by atoms with Crippen molar-refractivity contribution in [1.82, 2.24) is 10.3 Å². The molecule has 0 bridgehead atoms. The molecule has 2 aliphatic carbocycles. The van der Waals surface area contributed by atoms with Gasteiger partial charge in [0.05, 0.1) is 5.56 Å². The van der Waals surface area contributed by atoms with Gasteiger partial charge in [-0.2, -0.15) is 0 Å². The number of carbonyl (C=O) groups excluding carboxylic acids is 2. The molecule has 3 aromatic rings. The molecule has 1 aliphatic heterocycles. The number of ketones is 1. The number of benzene rings is 2. The molecule has 7 nitrogen and oxygen atoms in total. The van der Waals surface area contributed by atoms with Crippen molar-refractivity contribution in [2.75, 3.05) is 12.0 Å². The minimum atomic E-state index is -2.12. The zero-order valence-electron chi connectivity index (χ0n) is 19.1. The normalized spacial score (nSPS) is 28.2. The molecular weight excluding hydrogens is 450 g/mol. The van der Waals surface area contributed by atoms with Crippen LogP contribution in [0.2, 0.25) is 0 Å². The first-order valence-electron chi connectivity index (χ1n) is 11.3. The van der Waals surface area contributed by atoms with Crippen molar-refractivity contribution in [1.29, 1.82) is 0 Å². The number of thioether (sulfide) groups is 1. The van der Waals surface area contributed by atoms with Crippen molar-refractivity contribution in [2.45, 2.75) is 42.4 Å². The van der Waals surface area contributed by atoms with Gasteiger partial charge in [0, 0.05) is 27.9 Å². The van der Waals surface area contributed by atoms with Gasteiger partial charge in [-0.25, -0.2) is 0 Å². The Morgan fingerprint density at radius 3 is 2.74 bits per heavy atom. The van der Waals surface area contributed by atoms with E-state index in [4.69, 9.17) is 10.5 Å². The number of nitrogens with two attached hydrogens (primary N) is 1. The van der Waals surface area contributed by atoms with E-state index in [9.17, 15) is 14.7 Å². The summed E-state index contributed by atoms with van der Waals surface area (Å²) < 4.78 is 6.17. The van der Waals surface area contributed by atoms with Gasteiger partial charge in [0.2, 0.25) is 11.3 Å². The van der Waals surface area contributed by atoms with Gasteiger partial charge in [-0.15, -0.1) is 11.8 Å². The van der Waals surface area contributed by atoms with Crippen LogP contribution in [0, 0.1) is 12.8 Å². The van der Waals surface area contributed by atoms with Gasteiger partial charge in [0.25, 0.3) is 11.7 Å². The van der Waals surface area contributed by atoms with Crippen molar-refractivity contribution in [3.05, 3.63) is 76.1 Å². The molecule has 6 rings (SSSR count). The van der Waals surface area contributed by atoms with Crippen LogP contribution in [0.3, 0.4) is 0 Å². The van der Waals surface area contributed by atoms with Crippen LogP contribution in [0.25, 0.3) is 0 Å². The number of rotatable bonds is 4. The highest BCUT2D eigenvalue weighted by Crippen LogP contribution is 2.60.